The number of nitrogens with two attached hydrogens (primary N) is 1. The number of sulfonamides is 1. The van der Waals surface area contributed by atoms with E-state index in [1.165, 1.54) is 28.6 Å². The lowest BCUT2D eigenvalue weighted by atomic mass is 9.90. The van der Waals surface area contributed by atoms with Gasteiger partial charge in [0, 0.05) is 25.2 Å². The van der Waals surface area contributed by atoms with Crippen LogP contribution in [-0.4, -0.2) is 63.0 Å². The molecule has 9 nitrogen and oxygen atoms in total. The molecular formula is C26H35N3O6S. The number of nitrogens with one attached hydrogen (secondary N) is 1. The molecule has 0 radical (unpaired) electrons. The molecule has 1 heterocycles. The van der Waals surface area contributed by atoms with Crippen molar-refractivity contribution >= 4 is 21.9 Å². The van der Waals surface area contributed by atoms with Crippen molar-refractivity contribution in [3.63, 3.8) is 0 Å². The van der Waals surface area contributed by atoms with Crippen molar-refractivity contribution in [2.45, 2.75) is 50.0 Å². The average molecular weight is 518 g/mol. The second kappa shape index (κ2) is 11.9. The molecule has 10 heteroatoms. The van der Waals surface area contributed by atoms with Crippen LogP contribution >= 0.6 is 0 Å². The molecule has 2 aromatic rings. The van der Waals surface area contributed by atoms with Crippen molar-refractivity contribution < 1.29 is 27.5 Å². The minimum Gasteiger partial charge on any atom is -0.492 e. The molecule has 0 bridgehead atoms. The van der Waals surface area contributed by atoms with E-state index in [4.69, 9.17) is 15.2 Å². The molecule has 0 aliphatic carbocycles. The molecule has 0 aromatic heterocycles. The van der Waals surface area contributed by atoms with Gasteiger partial charge in [-0.05, 0) is 81.5 Å². The third-order valence-electron chi connectivity index (χ3n) is 5.76. The summed E-state index contributed by atoms with van der Waals surface area (Å²) in [7, 11) is -3.68. The van der Waals surface area contributed by atoms with E-state index >= 15 is 0 Å². The van der Waals surface area contributed by atoms with Crippen LogP contribution in [0.3, 0.4) is 0 Å². The van der Waals surface area contributed by atoms with Crippen molar-refractivity contribution in [1.82, 2.24) is 9.62 Å². The molecule has 0 atom stereocenters. The molecule has 196 valence electrons. The molecule has 1 fully saturated rings. The van der Waals surface area contributed by atoms with E-state index in [-0.39, 0.29) is 22.9 Å². The second-order valence-corrected chi connectivity index (χ2v) is 11.6. The Bertz CT molecular complexity index is 1130. The van der Waals surface area contributed by atoms with Crippen LogP contribution in [0.2, 0.25) is 0 Å². The summed E-state index contributed by atoms with van der Waals surface area (Å²) < 4.78 is 38.4. The van der Waals surface area contributed by atoms with Gasteiger partial charge >= 0.3 is 5.97 Å². The lowest BCUT2D eigenvalue weighted by molar-refractivity contribution is -0.153. The first-order chi connectivity index (χ1) is 17.0. The largest absolute Gasteiger partial charge is 0.492 e. The van der Waals surface area contributed by atoms with E-state index in [1.54, 1.807) is 20.8 Å². The number of carbonyl (C=O) groups excluding carboxylic acids is 2. The normalized spacial score (nSPS) is 15.3. The van der Waals surface area contributed by atoms with Crippen LogP contribution in [0.25, 0.3) is 0 Å². The van der Waals surface area contributed by atoms with E-state index in [1.807, 2.05) is 24.3 Å². The van der Waals surface area contributed by atoms with Gasteiger partial charge in [-0.15, -0.1) is 0 Å². The molecule has 3 rings (SSSR count). The van der Waals surface area contributed by atoms with Crippen molar-refractivity contribution in [2.24, 2.45) is 5.73 Å². The highest BCUT2D eigenvalue weighted by molar-refractivity contribution is 7.89. The quantitative estimate of drug-likeness (QED) is 0.490. The molecular weight excluding hydrogens is 482 g/mol. The number of carbonyl (C=O) groups is 2. The van der Waals surface area contributed by atoms with Crippen LogP contribution in [0, 0.1) is 0 Å². The number of piperidine rings is 1. The van der Waals surface area contributed by atoms with Gasteiger partial charge in [0.25, 0.3) is 5.91 Å². The van der Waals surface area contributed by atoms with Crippen LogP contribution in [0.15, 0.2) is 53.4 Å². The van der Waals surface area contributed by atoms with Gasteiger partial charge in [-0.25, -0.2) is 8.42 Å². The Balaban J connectivity index is 1.55. The molecule has 1 aliphatic heterocycles. The molecule has 0 saturated carbocycles. The lowest BCUT2D eigenvalue weighted by Crippen LogP contribution is -2.38. The third kappa shape index (κ3) is 7.52. The smallest absolute Gasteiger partial charge is 0.325 e. The van der Waals surface area contributed by atoms with Crippen LogP contribution in [-0.2, 0) is 19.6 Å². The van der Waals surface area contributed by atoms with Crippen molar-refractivity contribution in [1.29, 1.82) is 0 Å². The van der Waals surface area contributed by atoms with Crippen LogP contribution in [0.4, 0.5) is 0 Å². The number of amides is 1. The minimum absolute atomic E-state index is 0.131. The Morgan fingerprint density at radius 2 is 1.64 bits per heavy atom. The Morgan fingerprint density at radius 1 is 1.03 bits per heavy atom. The van der Waals surface area contributed by atoms with Crippen molar-refractivity contribution in [3.8, 4) is 5.75 Å². The number of rotatable bonds is 9. The van der Waals surface area contributed by atoms with Crippen LogP contribution in [0.5, 0.6) is 5.75 Å². The first-order valence-corrected chi connectivity index (χ1v) is 13.5. The fourth-order valence-corrected chi connectivity index (χ4v) is 5.47. The van der Waals surface area contributed by atoms with Gasteiger partial charge in [0.15, 0.2) is 0 Å². The number of hydrogen-bond donors (Lipinski definition) is 2. The van der Waals surface area contributed by atoms with Gasteiger partial charge in [-0.2, -0.15) is 4.31 Å². The summed E-state index contributed by atoms with van der Waals surface area (Å²) in [4.78, 5) is 24.2. The SMILES string of the molecule is CC(C)(C)OC(=O)CNC(=O)c1ccc(S(=O)(=O)N2CCC(c3ccc(OCCN)cc3)CC2)cc1. The highest BCUT2D eigenvalue weighted by Crippen LogP contribution is 2.31. The van der Waals surface area contributed by atoms with Gasteiger partial charge in [0.05, 0.1) is 4.90 Å². The first kappa shape index (κ1) is 27.6. The van der Waals surface area contributed by atoms with Crippen LogP contribution < -0.4 is 15.8 Å². The van der Waals surface area contributed by atoms with E-state index in [0.717, 1.165) is 11.3 Å². The molecule has 1 amide bonds. The fraction of sp³-hybridized carbons (Fsp3) is 0.462. The number of benzene rings is 2. The summed E-state index contributed by atoms with van der Waals surface area (Å²) in [6.07, 6.45) is 1.43. The highest BCUT2D eigenvalue weighted by atomic mass is 32.2. The predicted octanol–water partition coefficient (Wildman–Crippen LogP) is 2.66. The van der Waals surface area contributed by atoms with Gasteiger partial charge in [-0.3, -0.25) is 9.59 Å². The number of nitrogens with zero attached hydrogens (tertiary/aromatic N) is 1. The fourth-order valence-electron chi connectivity index (χ4n) is 4.00. The summed E-state index contributed by atoms with van der Waals surface area (Å²) in [5, 5.41) is 2.49. The molecule has 2 aromatic carbocycles. The number of ether oxygens (including phenoxy) is 2. The molecule has 1 saturated heterocycles. The third-order valence-corrected chi connectivity index (χ3v) is 7.67. The molecule has 0 spiro atoms. The highest BCUT2D eigenvalue weighted by Gasteiger charge is 2.30. The molecule has 1 aliphatic rings. The van der Waals surface area contributed by atoms with Gasteiger partial charge in [0.1, 0.15) is 24.5 Å². The molecule has 0 unspecified atom stereocenters. The number of hydrogen-bond acceptors (Lipinski definition) is 7. The zero-order valence-electron chi connectivity index (χ0n) is 21.0. The maximum Gasteiger partial charge on any atom is 0.325 e. The maximum absolute atomic E-state index is 13.1. The van der Waals surface area contributed by atoms with Gasteiger partial charge in [0.2, 0.25) is 10.0 Å². The van der Waals surface area contributed by atoms with E-state index in [2.05, 4.69) is 5.32 Å². The average Bonchev–Trinajstić information content (AvgIpc) is 2.85. The number of esters is 1. The molecule has 36 heavy (non-hydrogen) atoms. The summed E-state index contributed by atoms with van der Waals surface area (Å²) in [6.45, 7) is 6.71. The Morgan fingerprint density at radius 3 is 2.19 bits per heavy atom. The molecule has 3 N–H and O–H groups in total. The zero-order valence-corrected chi connectivity index (χ0v) is 21.8. The standard InChI is InChI=1S/C26H35N3O6S/c1-26(2,3)35-24(30)18-28-25(31)21-6-10-23(11-7-21)36(32,33)29-15-12-20(13-16-29)19-4-8-22(9-5-19)34-17-14-27/h4-11,20H,12-18,27H2,1-3H3,(H,28,31). The topological polar surface area (TPSA) is 128 Å². The monoisotopic (exact) mass is 517 g/mol. The van der Waals surface area contributed by atoms with E-state index in [0.29, 0.717) is 39.1 Å². The van der Waals surface area contributed by atoms with Crippen LogP contribution in [0.1, 0.15) is 55.5 Å². The lowest BCUT2D eigenvalue weighted by Gasteiger charge is -2.31. The van der Waals surface area contributed by atoms with Crippen molar-refractivity contribution in [3.05, 3.63) is 59.7 Å². The summed E-state index contributed by atoms with van der Waals surface area (Å²) in [6, 6.07) is 13.6. The Kier molecular flexibility index (Phi) is 9.10. The van der Waals surface area contributed by atoms with Gasteiger partial charge < -0.3 is 20.5 Å². The van der Waals surface area contributed by atoms with Crippen molar-refractivity contribution in [2.75, 3.05) is 32.8 Å². The van der Waals surface area contributed by atoms with E-state index < -0.39 is 27.5 Å². The second-order valence-electron chi connectivity index (χ2n) is 9.68. The Hall–Kier alpha value is -2.95. The summed E-state index contributed by atoms with van der Waals surface area (Å²) in [5.41, 5.74) is 6.24. The predicted molar refractivity (Wildman–Crippen MR) is 136 cm³/mol. The summed E-state index contributed by atoms with van der Waals surface area (Å²) >= 11 is 0. The van der Waals surface area contributed by atoms with Gasteiger partial charge in [-0.1, -0.05) is 12.1 Å². The summed E-state index contributed by atoms with van der Waals surface area (Å²) in [5.74, 6) is 0.0154. The minimum atomic E-state index is -3.68. The van der Waals surface area contributed by atoms with E-state index in [9.17, 15) is 18.0 Å². The first-order valence-electron chi connectivity index (χ1n) is 12.0. The maximum atomic E-state index is 13.1. The Labute approximate surface area is 213 Å². The zero-order chi connectivity index (χ0) is 26.3.